The number of anilines is 1. The molecule has 104 valence electrons. The zero-order chi connectivity index (χ0) is 14.9. The molecule has 0 saturated carbocycles. The normalized spacial score (nSPS) is 10.4. The molecule has 0 radical (unpaired) electrons. The summed E-state index contributed by atoms with van der Waals surface area (Å²) >= 11 is 10.2. The van der Waals surface area contributed by atoms with E-state index in [9.17, 15) is 4.79 Å². The predicted octanol–water partition coefficient (Wildman–Crippen LogP) is 5.82. The monoisotopic (exact) mass is 667 g/mol. The molecule has 0 aromatic heterocycles. The van der Waals surface area contributed by atoms with Gasteiger partial charge in [0, 0.05) is 20.7 Å². The van der Waals surface area contributed by atoms with Crippen LogP contribution in [0.3, 0.4) is 0 Å². The fraction of sp³-hybridized carbons (Fsp3) is 0.0714. The molecule has 1 amide bonds. The first-order valence-corrected chi connectivity index (χ1v) is 9.63. The van der Waals surface area contributed by atoms with Crippen molar-refractivity contribution < 1.29 is 4.79 Å². The summed E-state index contributed by atoms with van der Waals surface area (Å²) in [6.45, 7) is 1.97. The number of benzene rings is 2. The Balaban J connectivity index is 2.32. The number of carbonyl (C=O) groups excluding carboxylic acids is 1. The van der Waals surface area contributed by atoms with Gasteiger partial charge in [-0.15, -0.1) is 0 Å². The van der Waals surface area contributed by atoms with Crippen LogP contribution in [0.25, 0.3) is 0 Å². The molecule has 0 fully saturated rings. The van der Waals surface area contributed by atoms with Crippen molar-refractivity contribution in [1.29, 1.82) is 0 Å². The van der Waals surface area contributed by atoms with Crippen molar-refractivity contribution in [3.05, 3.63) is 56.6 Å². The van der Waals surface area contributed by atoms with Gasteiger partial charge in [0.25, 0.3) is 5.91 Å². The molecule has 0 aliphatic rings. The molecule has 1 N–H and O–H groups in total. The molecule has 2 nitrogen and oxygen atoms in total. The summed E-state index contributed by atoms with van der Waals surface area (Å²) in [5.41, 5.74) is 2.58. The Hall–Kier alpha value is 0.580. The van der Waals surface area contributed by atoms with Crippen LogP contribution in [0.15, 0.2) is 34.8 Å². The molecule has 0 heterocycles. The minimum atomic E-state index is -0.0913. The van der Waals surface area contributed by atoms with Crippen LogP contribution < -0.4 is 5.32 Å². The number of aryl methyl sites for hydroxylation is 1. The quantitative estimate of drug-likeness (QED) is 0.402. The average Bonchev–Trinajstić information content (AvgIpc) is 2.32. The second kappa shape index (κ2) is 7.23. The lowest BCUT2D eigenvalue weighted by Gasteiger charge is -2.11. The van der Waals surface area contributed by atoms with E-state index in [4.69, 9.17) is 0 Å². The number of hydrogen-bond acceptors (Lipinski definition) is 1. The summed E-state index contributed by atoms with van der Waals surface area (Å²) in [7, 11) is 0. The Kier molecular flexibility index (Phi) is 6.12. The first kappa shape index (κ1) is 16.9. The van der Waals surface area contributed by atoms with E-state index in [0.717, 1.165) is 26.4 Å². The second-order valence-electron chi connectivity index (χ2n) is 4.22. The van der Waals surface area contributed by atoms with Gasteiger partial charge in [0.1, 0.15) is 0 Å². The van der Waals surface area contributed by atoms with Crippen molar-refractivity contribution in [2.75, 3.05) is 5.32 Å². The molecule has 0 bridgehead atoms. The van der Waals surface area contributed by atoms with Crippen molar-refractivity contribution in [3.63, 3.8) is 0 Å². The maximum absolute atomic E-state index is 12.4. The highest BCUT2D eigenvalue weighted by atomic mass is 127. The molecule has 0 atom stereocenters. The Bertz CT molecular complexity index is 645. The average molecular weight is 668 g/mol. The molecule has 6 heteroatoms. The highest BCUT2D eigenvalue weighted by Gasteiger charge is 2.12. The molecule has 2 aromatic carbocycles. The molecular formula is C14H9BrI3NO. The Labute approximate surface area is 167 Å². The Morgan fingerprint density at radius 3 is 2.20 bits per heavy atom. The number of hydrogen-bond donors (Lipinski definition) is 1. The maximum Gasteiger partial charge on any atom is 0.255 e. The zero-order valence-corrected chi connectivity index (χ0v) is 18.4. The molecule has 0 saturated heterocycles. The van der Waals surface area contributed by atoms with E-state index in [0.29, 0.717) is 5.56 Å². The van der Waals surface area contributed by atoms with Crippen molar-refractivity contribution in [3.8, 4) is 0 Å². The standard InChI is InChI=1S/C14H9BrI3NO/c1-7-2-8(4-9(15)3-7)14(20)19-13-11(17)5-10(16)6-12(13)18/h2-6H,1H3,(H,19,20). The fourth-order valence-electron chi connectivity index (χ4n) is 1.71. The molecule has 2 aromatic rings. The highest BCUT2D eigenvalue weighted by Crippen LogP contribution is 2.28. The van der Waals surface area contributed by atoms with Gasteiger partial charge >= 0.3 is 0 Å². The largest absolute Gasteiger partial charge is 0.320 e. The number of halogens is 4. The third-order valence-electron chi connectivity index (χ3n) is 2.55. The van der Waals surface area contributed by atoms with E-state index >= 15 is 0 Å². The number of nitrogens with one attached hydrogen (secondary N) is 1. The molecule has 2 rings (SSSR count). The Morgan fingerprint density at radius 1 is 1.05 bits per heavy atom. The van der Waals surface area contributed by atoms with E-state index in [-0.39, 0.29) is 5.91 Å². The second-order valence-corrected chi connectivity index (χ2v) is 8.70. The van der Waals surface area contributed by atoms with E-state index in [1.54, 1.807) is 0 Å². The number of carbonyl (C=O) groups is 1. The van der Waals surface area contributed by atoms with Gasteiger partial charge < -0.3 is 5.32 Å². The van der Waals surface area contributed by atoms with Gasteiger partial charge in [-0.2, -0.15) is 0 Å². The minimum absolute atomic E-state index is 0.0913. The summed E-state index contributed by atoms with van der Waals surface area (Å²) in [6, 6.07) is 9.78. The highest BCUT2D eigenvalue weighted by molar-refractivity contribution is 14.1. The summed E-state index contributed by atoms with van der Waals surface area (Å²) in [5.74, 6) is -0.0913. The van der Waals surface area contributed by atoms with Crippen LogP contribution in [-0.2, 0) is 0 Å². The smallest absolute Gasteiger partial charge is 0.255 e. The third-order valence-corrected chi connectivity index (χ3v) is 5.33. The predicted molar refractivity (Wildman–Crippen MR) is 111 cm³/mol. The molecule has 20 heavy (non-hydrogen) atoms. The topological polar surface area (TPSA) is 29.1 Å². The van der Waals surface area contributed by atoms with E-state index in [1.807, 2.05) is 37.3 Å². The first-order chi connectivity index (χ1) is 9.36. The molecule has 0 spiro atoms. The van der Waals surface area contributed by atoms with Crippen molar-refractivity contribution in [2.45, 2.75) is 6.92 Å². The first-order valence-electron chi connectivity index (χ1n) is 5.60. The summed E-state index contributed by atoms with van der Waals surface area (Å²) in [4.78, 5) is 12.4. The fourth-order valence-corrected chi connectivity index (χ4v) is 6.17. The molecule has 0 aliphatic heterocycles. The van der Waals surface area contributed by atoms with E-state index in [2.05, 4.69) is 89.0 Å². The van der Waals surface area contributed by atoms with Crippen molar-refractivity contribution >= 4 is 95.3 Å². The summed E-state index contributed by atoms with van der Waals surface area (Å²) < 4.78 is 4.15. The molecule has 0 aliphatic carbocycles. The summed E-state index contributed by atoms with van der Waals surface area (Å²) in [6.07, 6.45) is 0. The van der Waals surface area contributed by atoms with Crippen LogP contribution in [0.4, 0.5) is 5.69 Å². The SMILES string of the molecule is Cc1cc(Br)cc(C(=O)Nc2c(I)cc(I)cc2I)c1. The van der Waals surface area contributed by atoms with E-state index in [1.165, 1.54) is 0 Å². The van der Waals surface area contributed by atoms with Crippen molar-refractivity contribution in [1.82, 2.24) is 0 Å². The van der Waals surface area contributed by atoms with E-state index < -0.39 is 0 Å². The van der Waals surface area contributed by atoms with Crippen LogP contribution in [0, 0.1) is 17.6 Å². The van der Waals surface area contributed by atoms with Gasteiger partial charge in [0.15, 0.2) is 0 Å². The lowest BCUT2D eigenvalue weighted by atomic mass is 10.1. The van der Waals surface area contributed by atoms with Gasteiger partial charge in [0.05, 0.1) is 5.69 Å². The lowest BCUT2D eigenvalue weighted by molar-refractivity contribution is 0.102. The number of rotatable bonds is 2. The Morgan fingerprint density at radius 2 is 1.65 bits per heavy atom. The van der Waals surface area contributed by atoms with Crippen LogP contribution >= 0.6 is 83.7 Å². The van der Waals surface area contributed by atoms with Crippen molar-refractivity contribution in [2.24, 2.45) is 0 Å². The van der Waals surface area contributed by atoms with Gasteiger partial charge in [-0.3, -0.25) is 4.79 Å². The lowest BCUT2D eigenvalue weighted by Crippen LogP contribution is -2.14. The van der Waals surface area contributed by atoms with Gasteiger partial charge in [-0.05, 0) is 111 Å². The molecular weight excluding hydrogens is 659 g/mol. The van der Waals surface area contributed by atoms with Gasteiger partial charge in [0.2, 0.25) is 0 Å². The van der Waals surface area contributed by atoms with Gasteiger partial charge in [-0.1, -0.05) is 15.9 Å². The van der Waals surface area contributed by atoms with Gasteiger partial charge in [-0.25, -0.2) is 0 Å². The maximum atomic E-state index is 12.4. The van der Waals surface area contributed by atoms with Crippen LogP contribution in [0.2, 0.25) is 0 Å². The molecule has 0 unspecified atom stereocenters. The van der Waals surface area contributed by atoms with Crippen LogP contribution in [0.1, 0.15) is 15.9 Å². The zero-order valence-electron chi connectivity index (χ0n) is 10.3. The van der Waals surface area contributed by atoms with Crippen LogP contribution in [0.5, 0.6) is 0 Å². The minimum Gasteiger partial charge on any atom is -0.320 e. The number of amides is 1. The summed E-state index contributed by atoms with van der Waals surface area (Å²) in [5, 5.41) is 3.00. The van der Waals surface area contributed by atoms with Crippen LogP contribution in [-0.4, -0.2) is 5.91 Å². The third kappa shape index (κ3) is 4.29.